The van der Waals surface area contributed by atoms with Crippen LogP contribution in [0.5, 0.6) is 0 Å². The molecule has 0 amide bonds. The van der Waals surface area contributed by atoms with E-state index in [2.05, 4.69) is 49.9 Å². The van der Waals surface area contributed by atoms with E-state index in [1.165, 1.54) is 25.7 Å². The molecular weight excluding hydrogens is 290 g/mol. The van der Waals surface area contributed by atoms with Gasteiger partial charge >= 0.3 is 9.36 Å². The summed E-state index contributed by atoms with van der Waals surface area (Å²) in [6.45, 7) is 13.1. The summed E-state index contributed by atoms with van der Waals surface area (Å²) < 4.78 is 6.17. The van der Waals surface area contributed by atoms with Crippen LogP contribution in [0.3, 0.4) is 0 Å². The summed E-state index contributed by atoms with van der Waals surface area (Å²) in [5.41, 5.74) is 0. The molecule has 0 radical (unpaired) electrons. The molecular formula is C17H39N3OSi. The zero-order chi connectivity index (χ0) is 16.4. The average Bonchev–Trinajstić information content (AvgIpc) is 2.52. The summed E-state index contributed by atoms with van der Waals surface area (Å²) in [5.74, 6) is 0.818. The van der Waals surface area contributed by atoms with Crippen molar-refractivity contribution in [3.05, 3.63) is 0 Å². The summed E-state index contributed by atoms with van der Waals surface area (Å²) in [4.78, 5) is 7.31. The zero-order valence-corrected chi connectivity index (χ0v) is 16.6. The van der Waals surface area contributed by atoms with E-state index in [1.54, 1.807) is 0 Å². The Kier molecular flexibility index (Phi) is 10.6. The minimum atomic E-state index is -1.51. The average molecular weight is 330 g/mol. The highest BCUT2D eigenvalue weighted by Crippen LogP contribution is 2.23. The van der Waals surface area contributed by atoms with E-state index in [0.717, 1.165) is 31.9 Å². The van der Waals surface area contributed by atoms with Crippen LogP contribution in [0.2, 0.25) is 0 Å². The maximum absolute atomic E-state index is 6.17. The van der Waals surface area contributed by atoms with Gasteiger partial charge in [0.2, 0.25) is 0 Å². The van der Waals surface area contributed by atoms with Crippen molar-refractivity contribution in [3.63, 3.8) is 0 Å². The minimum absolute atomic E-state index is 0.527. The third-order valence-corrected chi connectivity index (χ3v) is 7.31. The van der Waals surface area contributed by atoms with Gasteiger partial charge in [-0.05, 0) is 31.6 Å². The van der Waals surface area contributed by atoms with Crippen LogP contribution in [0, 0.1) is 5.92 Å². The molecule has 1 fully saturated rings. The normalized spacial score (nSPS) is 26.6. The van der Waals surface area contributed by atoms with Crippen molar-refractivity contribution in [2.24, 2.45) is 5.92 Å². The first-order valence-electron chi connectivity index (χ1n) is 9.43. The van der Waals surface area contributed by atoms with E-state index in [-0.39, 0.29) is 0 Å². The summed E-state index contributed by atoms with van der Waals surface area (Å²) in [6, 6.07) is 1.75. The second kappa shape index (κ2) is 11.6. The van der Waals surface area contributed by atoms with Crippen molar-refractivity contribution in [1.82, 2.24) is 15.3 Å². The fraction of sp³-hybridized carbons (Fsp3) is 1.00. The standard InChI is InChI=1S/C17H39N3OSi/c1-6-15(4)19-22(20-16(5)7-2)21-13-12-18-17-11-9-8-10-14(17)3/h14-20,22H,6-13H2,1-5H3. The largest absolute Gasteiger partial charge is 0.393 e. The number of rotatable bonds is 11. The van der Waals surface area contributed by atoms with Gasteiger partial charge in [-0.3, -0.25) is 0 Å². The Morgan fingerprint density at radius 2 is 1.64 bits per heavy atom. The topological polar surface area (TPSA) is 45.3 Å². The molecule has 3 N–H and O–H groups in total. The lowest BCUT2D eigenvalue weighted by Gasteiger charge is -2.30. The van der Waals surface area contributed by atoms with Crippen LogP contribution < -0.4 is 15.3 Å². The fourth-order valence-corrected chi connectivity index (χ4v) is 5.08. The Balaban J connectivity index is 2.26. The number of hydrogen-bond acceptors (Lipinski definition) is 4. The van der Waals surface area contributed by atoms with Crippen LogP contribution in [0.1, 0.15) is 73.1 Å². The minimum Gasteiger partial charge on any atom is -0.393 e. The molecule has 0 spiro atoms. The quantitative estimate of drug-likeness (QED) is 0.403. The predicted octanol–water partition coefficient (Wildman–Crippen LogP) is 2.66. The lowest BCUT2D eigenvalue weighted by atomic mass is 9.86. The van der Waals surface area contributed by atoms with Gasteiger partial charge < -0.3 is 19.7 Å². The first kappa shape index (κ1) is 20.1. The second-order valence-electron chi connectivity index (χ2n) is 7.03. The van der Waals surface area contributed by atoms with Gasteiger partial charge in [0.1, 0.15) is 0 Å². The summed E-state index contributed by atoms with van der Waals surface area (Å²) >= 11 is 0. The van der Waals surface area contributed by atoms with Crippen molar-refractivity contribution in [2.45, 2.75) is 91.3 Å². The Bertz CT molecular complexity index is 269. The molecule has 132 valence electrons. The molecule has 0 heterocycles. The molecule has 4 unspecified atom stereocenters. The molecule has 0 saturated heterocycles. The smallest absolute Gasteiger partial charge is 0.335 e. The molecule has 5 heteroatoms. The van der Waals surface area contributed by atoms with Crippen LogP contribution in [0.4, 0.5) is 0 Å². The van der Waals surface area contributed by atoms with E-state index >= 15 is 0 Å². The predicted molar refractivity (Wildman–Crippen MR) is 98.3 cm³/mol. The van der Waals surface area contributed by atoms with Crippen molar-refractivity contribution < 1.29 is 4.43 Å². The third-order valence-electron chi connectivity index (χ3n) is 5.00. The maximum atomic E-state index is 6.17. The van der Waals surface area contributed by atoms with Crippen LogP contribution >= 0.6 is 0 Å². The molecule has 0 aromatic heterocycles. The van der Waals surface area contributed by atoms with Crippen molar-refractivity contribution >= 4 is 9.36 Å². The van der Waals surface area contributed by atoms with E-state index in [4.69, 9.17) is 4.43 Å². The molecule has 0 aromatic carbocycles. The van der Waals surface area contributed by atoms with Crippen LogP contribution in [0.15, 0.2) is 0 Å². The van der Waals surface area contributed by atoms with E-state index in [0.29, 0.717) is 18.1 Å². The molecule has 0 aliphatic heterocycles. The lowest BCUT2D eigenvalue weighted by molar-refractivity contribution is 0.243. The van der Waals surface area contributed by atoms with Crippen LogP contribution in [-0.4, -0.2) is 40.6 Å². The highest BCUT2D eigenvalue weighted by Gasteiger charge is 2.21. The highest BCUT2D eigenvalue weighted by atomic mass is 28.3. The van der Waals surface area contributed by atoms with Crippen molar-refractivity contribution in [1.29, 1.82) is 0 Å². The van der Waals surface area contributed by atoms with Gasteiger partial charge in [-0.2, -0.15) is 0 Å². The number of hydrogen-bond donors (Lipinski definition) is 3. The maximum Gasteiger partial charge on any atom is 0.335 e. The van der Waals surface area contributed by atoms with Gasteiger partial charge in [0.25, 0.3) is 0 Å². The van der Waals surface area contributed by atoms with Gasteiger partial charge in [0, 0.05) is 31.3 Å². The van der Waals surface area contributed by atoms with Crippen molar-refractivity contribution in [3.8, 4) is 0 Å². The van der Waals surface area contributed by atoms with Crippen LogP contribution in [0.25, 0.3) is 0 Å². The van der Waals surface area contributed by atoms with Gasteiger partial charge in [0.15, 0.2) is 0 Å². The highest BCUT2D eigenvalue weighted by molar-refractivity contribution is 6.46. The first-order chi connectivity index (χ1) is 10.6. The number of nitrogens with one attached hydrogen (secondary N) is 3. The summed E-state index contributed by atoms with van der Waals surface area (Å²) in [7, 11) is -1.51. The van der Waals surface area contributed by atoms with Crippen LogP contribution in [-0.2, 0) is 4.43 Å². The fourth-order valence-electron chi connectivity index (χ4n) is 2.94. The summed E-state index contributed by atoms with van der Waals surface area (Å²) in [6.07, 6.45) is 7.78. The molecule has 1 rings (SSSR count). The second-order valence-corrected chi connectivity index (χ2v) is 8.79. The first-order valence-corrected chi connectivity index (χ1v) is 11.1. The van der Waals surface area contributed by atoms with E-state index < -0.39 is 9.36 Å². The Morgan fingerprint density at radius 1 is 1.05 bits per heavy atom. The molecule has 22 heavy (non-hydrogen) atoms. The molecule has 1 aliphatic rings. The zero-order valence-electron chi connectivity index (χ0n) is 15.5. The lowest BCUT2D eigenvalue weighted by Crippen LogP contribution is -2.56. The van der Waals surface area contributed by atoms with Gasteiger partial charge in [-0.1, -0.05) is 47.5 Å². The molecule has 4 atom stereocenters. The Hall–Kier alpha value is 0.0569. The van der Waals surface area contributed by atoms with Gasteiger partial charge in [-0.15, -0.1) is 0 Å². The molecule has 4 nitrogen and oxygen atoms in total. The molecule has 0 aromatic rings. The van der Waals surface area contributed by atoms with E-state index in [9.17, 15) is 0 Å². The molecule has 0 bridgehead atoms. The molecule has 1 saturated carbocycles. The third kappa shape index (κ3) is 8.06. The SMILES string of the molecule is CCC(C)N[SiH](NC(C)CC)OCCNC1CCCCC1C. The Labute approximate surface area is 140 Å². The monoisotopic (exact) mass is 329 g/mol. The Morgan fingerprint density at radius 3 is 2.18 bits per heavy atom. The summed E-state index contributed by atoms with van der Waals surface area (Å²) in [5, 5.41) is 3.70. The van der Waals surface area contributed by atoms with E-state index in [1.807, 2.05) is 0 Å². The molecule has 1 aliphatic carbocycles. The van der Waals surface area contributed by atoms with Crippen molar-refractivity contribution in [2.75, 3.05) is 13.2 Å². The van der Waals surface area contributed by atoms with Gasteiger partial charge in [-0.25, -0.2) is 0 Å². The van der Waals surface area contributed by atoms with Gasteiger partial charge in [0.05, 0.1) is 0 Å².